The van der Waals surface area contributed by atoms with E-state index in [0.717, 1.165) is 37.5 Å². The van der Waals surface area contributed by atoms with Gasteiger partial charge in [-0.2, -0.15) is 5.10 Å². The molecule has 0 bridgehead atoms. The number of aromatic nitrogens is 3. The molecule has 2 rings (SSSR count). The van der Waals surface area contributed by atoms with Crippen molar-refractivity contribution in [1.82, 2.24) is 24.8 Å². The van der Waals surface area contributed by atoms with Crippen molar-refractivity contribution in [3.05, 3.63) is 29.7 Å². The van der Waals surface area contributed by atoms with Gasteiger partial charge in [-0.05, 0) is 26.4 Å². The maximum atomic E-state index is 4.41. The van der Waals surface area contributed by atoms with Crippen molar-refractivity contribution in [1.29, 1.82) is 0 Å². The van der Waals surface area contributed by atoms with E-state index in [2.05, 4.69) is 34.1 Å². The second-order valence-electron chi connectivity index (χ2n) is 5.16. The van der Waals surface area contributed by atoms with Gasteiger partial charge >= 0.3 is 0 Å². The molecular formula is C15H25N5. The van der Waals surface area contributed by atoms with E-state index in [1.807, 2.05) is 29.9 Å². The highest BCUT2D eigenvalue weighted by atomic mass is 15.2. The summed E-state index contributed by atoms with van der Waals surface area (Å²) in [7, 11) is 0. The maximum absolute atomic E-state index is 4.41. The lowest BCUT2D eigenvalue weighted by molar-refractivity contribution is 0.287. The first kappa shape index (κ1) is 14.9. The molecule has 2 aromatic heterocycles. The van der Waals surface area contributed by atoms with Crippen LogP contribution in [-0.2, 0) is 6.54 Å². The summed E-state index contributed by atoms with van der Waals surface area (Å²) in [4.78, 5) is 6.88. The van der Waals surface area contributed by atoms with Crippen LogP contribution in [0.2, 0.25) is 0 Å². The molecule has 5 nitrogen and oxygen atoms in total. The van der Waals surface area contributed by atoms with Crippen LogP contribution in [0.1, 0.15) is 31.5 Å². The van der Waals surface area contributed by atoms with Crippen LogP contribution >= 0.6 is 0 Å². The second-order valence-corrected chi connectivity index (χ2v) is 5.16. The second kappa shape index (κ2) is 7.36. The summed E-state index contributed by atoms with van der Waals surface area (Å²) in [6, 6.07) is 1.99. The monoisotopic (exact) mass is 275 g/mol. The van der Waals surface area contributed by atoms with E-state index < -0.39 is 0 Å². The molecule has 0 aliphatic heterocycles. The zero-order valence-electron chi connectivity index (χ0n) is 12.8. The van der Waals surface area contributed by atoms with E-state index in [9.17, 15) is 0 Å². The summed E-state index contributed by atoms with van der Waals surface area (Å²) in [6.45, 7) is 11.7. The molecular weight excluding hydrogens is 250 g/mol. The third kappa shape index (κ3) is 4.02. The smallest absolute Gasteiger partial charge is 0.155 e. The molecule has 0 aromatic carbocycles. The van der Waals surface area contributed by atoms with Crippen molar-refractivity contribution >= 4 is 5.65 Å². The van der Waals surface area contributed by atoms with E-state index in [4.69, 9.17) is 0 Å². The minimum absolute atomic E-state index is 0.839. The predicted octanol–water partition coefficient (Wildman–Crippen LogP) is 1.86. The lowest BCUT2D eigenvalue weighted by atomic mass is 10.3. The molecule has 0 amide bonds. The van der Waals surface area contributed by atoms with Crippen LogP contribution in [0.4, 0.5) is 0 Å². The van der Waals surface area contributed by atoms with Gasteiger partial charge in [-0.3, -0.25) is 0 Å². The Balaban J connectivity index is 1.80. The van der Waals surface area contributed by atoms with Gasteiger partial charge < -0.3 is 10.2 Å². The van der Waals surface area contributed by atoms with Crippen molar-refractivity contribution in [3.63, 3.8) is 0 Å². The normalized spacial score (nSPS) is 11.6. The Hall–Kier alpha value is -1.46. The summed E-state index contributed by atoms with van der Waals surface area (Å²) in [6.07, 6.45) is 5.19. The average Bonchev–Trinajstić information content (AvgIpc) is 2.81. The molecule has 0 aliphatic carbocycles. The molecule has 0 atom stereocenters. The van der Waals surface area contributed by atoms with Gasteiger partial charge in [-0.15, -0.1) is 0 Å². The van der Waals surface area contributed by atoms with Crippen molar-refractivity contribution in [3.8, 4) is 0 Å². The topological polar surface area (TPSA) is 45.5 Å². The minimum Gasteiger partial charge on any atom is -0.311 e. The van der Waals surface area contributed by atoms with Crippen LogP contribution in [0.3, 0.4) is 0 Å². The van der Waals surface area contributed by atoms with Gasteiger partial charge in [0, 0.05) is 43.7 Å². The number of likely N-dealkylation sites (N-methyl/N-ethyl adjacent to an activating group) is 1. The van der Waals surface area contributed by atoms with Gasteiger partial charge in [0.05, 0.1) is 5.69 Å². The highest BCUT2D eigenvalue weighted by Gasteiger charge is 2.02. The molecule has 2 heterocycles. The molecule has 0 fully saturated rings. The van der Waals surface area contributed by atoms with Crippen molar-refractivity contribution in [2.45, 2.75) is 33.7 Å². The molecule has 110 valence electrons. The maximum Gasteiger partial charge on any atom is 0.155 e. The number of hydrogen-bond donors (Lipinski definition) is 1. The van der Waals surface area contributed by atoms with Crippen LogP contribution in [-0.4, -0.2) is 45.7 Å². The number of hydrogen-bond acceptors (Lipinski definition) is 4. The third-order valence-electron chi connectivity index (χ3n) is 3.41. The van der Waals surface area contributed by atoms with Crippen LogP contribution in [0.5, 0.6) is 0 Å². The highest BCUT2D eigenvalue weighted by molar-refractivity contribution is 5.38. The summed E-state index contributed by atoms with van der Waals surface area (Å²) in [5.74, 6) is 0. The molecule has 2 aromatic rings. The summed E-state index contributed by atoms with van der Waals surface area (Å²) in [5, 5.41) is 7.86. The molecule has 0 unspecified atom stereocenters. The zero-order valence-corrected chi connectivity index (χ0v) is 12.8. The fraction of sp³-hybridized carbons (Fsp3) is 0.600. The Kier molecular flexibility index (Phi) is 5.49. The SMILES string of the molecule is CCCN(CC)CCNCc1cnc2cc(C)nn2c1. The van der Waals surface area contributed by atoms with Gasteiger partial charge in [-0.25, -0.2) is 9.50 Å². The lowest BCUT2D eigenvalue weighted by Crippen LogP contribution is -2.32. The lowest BCUT2D eigenvalue weighted by Gasteiger charge is -2.19. The number of nitrogens with zero attached hydrogens (tertiary/aromatic N) is 4. The standard InChI is InChI=1S/C15H25N5/c1-4-7-19(5-2)8-6-16-10-14-11-17-15-9-13(3)18-20(15)12-14/h9,11-12,16H,4-8,10H2,1-3H3. The fourth-order valence-electron chi connectivity index (χ4n) is 2.34. The Labute approximate surface area is 121 Å². The Bertz CT molecular complexity index is 534. The molecule has 0 aliphatic rings. The van der Waals surface area contributed by atoms with Crippen molar-refractivity contribution in [2.24, 2.45) is 0 Å². The molecule has 0 radical (unpaired) electrons. The third-order valence-corrected chi connectivity index (χ3v) is 3.41. The van der Waals surface area contributed by atoms with E-state index in [0.29, 0.717) is 0 Å². The molecule has 0 saturated carbocycles. The van der Waals surface area contributed by atoms with Gasteiger partial charge in [0.2, 0.25) is 0 Å². The Morgan fingerprint density at radius 3 is 2.90 bits per heavy atom. The number of rotatable bonds is 8. The molecule has 1 N–H and O–H groups in total. The number of nitrogens with one attached hydrogen (secondary N) is 1. The van der Waals surface area contributed by atoms with Gasteiger partial charge in [0.1, 0.15) is 0 Å². The van der Waals surface area contributed by atoms with E-state index in [-0.39, 0.29) is 0 Å². The fourth-order valence-corrected chi connectivity index (χ4v) is 2.34. The summed E-state index contributed by atoms with van der Waals surface area (Å²) in [5.41, 5.74) is 3.08. The molecule has 5 heteroatoms. The number of aryl methyl sites for hydroxylation is 1. The Morgan fingerprint density at radius 1 is 1.30 bits per heavy atom. The van der Waals surface area contributed by atoms with Crippen LogP contribution in [0, 0.1) is 6.92 Å². The number of fused-ring (bicyclic) bond motifs is 1. The van der Waals surface area contributed by atoms with Crippen LogP contribution in [0.25, 0.3) is 5.65 Å². The van der Waals surface area contributed by atoms with Crippen molar-refractivity contribution in [2.75, 3.05) is 26.2 Å². The first-order valence-electron chi connectivity index (χ1n) is 7.47. The van der Waals surface area contributed by atoms with Crippen LogP contribution in [0.15, 0.2) is 18.5 Å². The molecule has 0 spiro atoms. The molecule has 20 heavy (non-hydrogen) atoms. The van der Waals surface area contributed by atoms with Gasteiger partial charge in [0.15, 0.2) is 5.65 Å². The largest absolute Gasteiger partial charge is 0.311 e. The minimum atomic E-state index is 0.839. The first-order chi connectivity index (χ1) is 9.72. The average molecular weight is 275 g/mol. The Morgan fingerprint density at radius 2 is 2.15 bits per heavy atom. The van der Waals surface area contributed by atoms with Gasteiger partial charge in [-0.1, -0.05) is 13.8 Å². The predicted molar refractivity (Wildman–Crippen MR) is 81.8 cm³/mol. The van der Waals surface area contributed by atoms with E-state index >= 15 is 0 Å². The summed E-state index contributed by atoms with van der Waals surface area (Å²) >= 11 is 0. The van der Waals surface area contributed by atoms with Gasteiger partial charge in [0.25, 0.3) is 0 Å². The quantitative estimate of drug-likeness (QED) is 0.747. The van der Waals surface area contributed by atoms with Crippen molar-refractivity contribution < 1.29 is 0 Å². The van der Waals surface area contributed by atoms with E-state index in [1.165, 1.54) is 18.5 Å². The molecule has 0 saturated heterocycles. The highest BCUT2D eigenvalue weighted by Crippen LogP contribution is 2.04. The zero-order chi connectivity index (χ0) is 14.4. The summed E-state index contributed by atoms with van der Waals surface area (Å²) < 4.78 is 1.85. The first-order valence-corrected chi connectivity index (χ1v) is 7.47. The van der Waals surface area contributed by atoms with Crippen LogP contribution < -0.4 is 5.32 Å². The van der Waals surface area contributed by atoms with E-state index in [1.54, 1.807) is 0 Å².